The van der Waals surface area contributed by atoms with E-state index in [-0.39, 0.29) is 17.5 Å². The fourth-order valence-corrected chi connectivity index (χ4v) is 3.65. The fraction of sp³-hybridized carbons (Fsp3) is 0.240. The number of ether oxygens (including phenoxy) is 1. The number of anilines is 4. The van der Waals surface area contributed by atoms with Crippen LogP contribution in [0.2, 0.25) is 0 Å². The Morgan fingerprint density at radius 3 is 2.73 bits per heavy atom. The van der Waals surface area contributed by atoms with Crippen molar-refractivity contribution in [1.82, 2.24) is 29.2 Å². The van der Waals surface area contributed by atoms with E-state index in [9.17, 15) is 9.18 Å². The van der Waals surface area contributed by atoms with Gasteiger partial charge >= 0.3 is 0 Å². The molecule has 0 unspecified atom stereocenters. The van der Waals surface area contributed by atoms with Gasteiger partial charge in [-0.25, -0.2) is 19.3 Å². The number of carbonyl (C=O) groups excluding carboxylic acids is 1. The fourth-order valence-electron chi connectivity index (χ4n) is 3.65. The summed E-state index contributed by atoms with van der Waals surface area (Å²) in [6.45, 7) is 5.08. The summed E-state index contributed by atoms with van der Waals surface area (Å²) in [5.74, 6) is 0.248. The number of halogens is 1. The van der Waals surface area contributed by atoms with Gasteiger partial charge in [0, 0.05) is 32.4 Å². The van der Waals surface area contributed by atoms with Gasteiger partial charge in [0.15, 0.2) is 17.3 Å². The molecule has 11 nitrogen and oxygen atoms in total. The van der Waals surface area contributed by atoms with Crippen LogP contribution in [-0.2, 0) is 4.79 Å². The Balaban J connectivity index is 1.70. The van der Waals surface area contributed by atoms with Crippen molar-refractivity contribution < 1.29 is 13.9 Å². The Bertz CT molecular complexity index is 1440. The molecule has 3 aromatic heterocycles. The van der Waals surface area contributed by atoms with Crippen molar-refractivity contribution in [3.8, 4) is 17.3 Å². The molecule has 0 aliphatic heterocycles. The van der Waals surface area contributed by atoms with E-state index in [1.54, 1.807) is 29.8 Å². The maximum atomic E-state index is 14.1. The summed E-state index contributed by atoms with van der Waals surface area (Å²) < 4.78 is 21.3. The molecule has 0 bridgehead atoms. The van der Waals surface area contributed by atoms with Crippen LogP contribution in [0.4, 0.5) is 27.4 Å². The van der Waals surface area contributed by atoms with E-state index in [1.807, 2.05) is 32.1 Å². The zero-order chi connectivity index (χ0) is 26.5. The minimum atomic E-state index is -0.448. The van der Waals surface area contributed by atoms with Gasteiger partial charge in [-0.3, -0.25) is 9.20 Å². The predicted molar refractivity (Wildman–Crippen MR) is 141 cm³/mol. The molecule has 0 radical (unpaired) electrons. The molecule has 0 aliphatic carbocycles. The summed E-state index contributed by atoms with van der Waals surface area (Å²) in [6, 6.07) is 6.48. The van der Waals surface area contributed by atoms with Gasteiger partial charge in [-0.15, -0.1) is 0 Å². The first-order valence-electron chi connectivity index (χ1n) is 11.4. The van der Waals surface area contributed by atoms with Gasteiger partial charge < -0.3 is 25.2 Å². The molecule has 192 valence electrons. The van der Waals surface area contributed by atoms with Gasteiger partial charge in [0.2, 0.25) is 11.9 Å². The molecule has 0 spiro atoms. The molecular formula is C25H28FN9O2. The standard InChI is InChI=1S/C25H28FN9O2/c1-6-22(36)30-17-12-18(21(37-5)13-19(17)34(4)11-10-33(2)3)31-25-29-15-28-23(32-25)20-14-27-24-16(26)8-7-9-35(20)24/h6-9,12-15H,1,10-11H2,2-5H3,(H,30,36)(H,28,29,31,32). The number of hydrogen-bond acceptors (Lipinski definition) is 9. The largest absolute Gasteiger partial charge is 0.494 e. The van der Waals surface area contributed by atoms with Crippen molar-refractivity contribution in [2.24, 2.45) is 0 Å². The Labute approximate surface area is 213 Å². The van der Waals surface area contributed by atoms with Crippen LogP contribution in [-0.4, -0.2) is 76.5 Å². The quantitative estimate of drug-likeness (QED) is 0.314. The molecule has 0 fully saturated rings. The van der Waals surface area contributed by atoms with Gasteiger partial charge in [0.05, 0.1) is 30.4 Å². The van der Waals surface area contributed by atoms with Crippen molar-refractivity contribution in [2.75, 3.05) is 56.9 Å². The Morgan fingerprint density at radius 1 is 1.19 bits per heavy atom. The van der Waals surface area contributed by atoms with E-state index in [4.69, 9.17) is 4.74 Å². The van der Waals surface area contributed by atoms with Crippen LogP contribution in [0.15, 0.2) is 55.6 Å². The number of amides is 1. The molecular weight excluding hydrogens is 477 g/mol. The topological polar surface area (TPSA) is 113 Å². The second-order valence-corrected chi connectivity index (χ2v) is 8.44. The number of rotatable bonds is 10. The molecule has 37 heavy (non-hydrogen) atoms. The summed E-state index contributed by atoms with van der Waals surface area (Å²) in [6.07, 6.45) is 5.73. The number of nitrogens with zero attached hydrogens (tertiary/aromatic N) is 7. The molecule has 4 aromatic rings. The average Bonchev–Trinajstić information content (AvgIpc) is 3.33. The van der Waals surface area contributed by atoms with E-state index >= 15 is 0 Å². The zero-order valence-corrected chi connectivity index (χ0v) is 21.1. The zero-order valence-electron chi connectivity index (χ0n) is 21.1. The number of imidazole rings is 1. The summed E-state index contributed by atoms with van der Waals surface area (Å²) in [5, 5.41) is 6.00. The first-order valence-corrected chi connectivity index (χ1v) is 11.4. The normalized spacial score (nSPS) is 11.0. The van der Waals surface area contributed by atoms with Crippen LogP contribution in [0.1, 0.15) is 0 Å². The van der Waals surface area contributed by atoms with E-state index in [0.29, 0.717) is 28.6 Å². The van der Waals surface area contributed by atoms with E-state index in [0.717, 1.165) is 18.8 Å². The molecule has 2 N–H and O–H groups in total. The van der Waals surface area contributed by atoms with Crippen LogP contribution in [0.25, 0.3) is 17.2 Å². The predicted octanol–water partition coefficient (Wildman–Crippen LogP) is 3.20. The number of pyridine rings is 1. The van der Waals surface area contributed by atoms with Crippen molar-refractivity contribution in [1.29, 1.82) is 0 Å². The summed E-state index contributed by atoms with van der Waals surface area (Å²) in [7, 11) is 7.48. The average molecular weight is 506 g/mol. The second kappa shape index (κ2) is 11.0. The third kappa shape index (κ3) is 5.64. The highest BCUT2D eigenvalue weighted by atomic mass is 19.1. The Kier molecular flexibility index (Phi) is 7.58. The smallest absolute Gasteiger partial charge is 0.247 e. The van der Waals surface area contributed by atoms with E-state index in [1.165, 1.54) is 24.7 Å². The monoisotopic (exact) mass is 505 g/mol. The number of aromatic nitrogens is 5. The lowest BCUT2D eigenvalue weighted by molar-refractivity contribution is -0.111. The highest BCUT2D eigenvalue weighted by Crippen LogP contribution is 2.38. The highest BCUT2D eigenvalue weighted by Gasteiger charge is 2.17. The Morgan fingerprint density at radius 2 is 2.00 bits per heavy atom. The number of hydrogen-bond donors (Lipinski definition) is 2. The highest BCUT2D eigenvalue weighted by molar-refractivity contribution is 6.02. The van der Waals surface area contributed by atoms with Gasteiger partial charge in [0.1, 0.15) is 17.8 Å². The van der Waals surface area contributed by atoms with Crippen molar-refractivity contribution >= 4 is 34.6 Å². The van der Waals surface area contributed by atoms with Gasteiger partial charge in [-0.1, -0.05) is 6.58 Å². The number of methoxy groups -OCH3 is 1. The number of nitrogens with one attached hydrogen (secondary N) is 2. The van der Waals surface area contributed by atoms with Crippen molar-refractivity contribution in [3.05, 3.63) is 61.5 Å². The molecule has 1 aromatic carbocycles. The molecule has 0 saturated carbocycles. The molecule has 12 heteroatoms. The third-order valence-electron chi connectivity index (χ3n) is 5.59. The minimum Gasteiger partial charge on any atom is -0.494 e. The third-order valence-corrected chi connectivity index (χ3v) is 5.59. The van der Waals surface area contributed by atoms with Gasteiger partial charge in [-0.05, 0) is 38.4 Å². The molecule has 4 rings (SSSR count). The lowest BCUT2D eigenvalue weighted by atomic mass is 10.2. The lowest BCUT2D eigenvalue weighted by Crippen LogP contribution is -2.29. The SMILES string of the molecule is C=CC(=O)Nc1cc(Nc2ncnc(-c3cnc4c(F)cccn34)n2)c(OC)cc1N(C)CCN(C)C. The second-order valence-electron chi connectivity index (χ2n) is 8.44. The van der Waals surface area contributed by atoms with E-state index in [2.05, 4.69) is 42.0 Å². The van der Waals surface area contributed by atoms with Crippen LogP contribution in [0.3, 0.4) is 0 Å². The number of carbonyl (C=O) groups is 1. The first kappa shape index (κ1) is 25.5. The maximum Gasteiger partial charge on any atom is 0.247 e. The number of likely N-dealkylation sites (N-methyl/N-ethyl adjacent to an activating group) is 2. The minimum absolute atomic E-state index is 0.172. The number of benzene rings is 1. The van der Waals surface area contributed by atoms with Gasteiger partial charge in [0.25, 0.3) is 0 Å². The first-order chi connectivity index (χ1) is 17.8. The molecule has 0 aliphatic rings. The van der Waals surface area contributed by atoms with Crippen molar-refractivity contribution in [3.63, 3.8) is 0 Å². The number of fused-ring (bicyclic) bond motifs is 1. The van der Waals surface area contributed by atoms with Crippen LogP contribution in [0, 0.1) is 5.82 Å². The molecule has 0 saturated heterocycles. The molecule has 0 atom stereocenters. The van der Waals surface area contributed by atoms with Crippen molar-refractivity contribution in [2.45, 2.75) is 0 Å². The summed E-state index contributed by atoms with van der Waals surface area (Å²) >= 11 is 0. The van der Waals surface area contributed by atoms with Gasteiger partial charge in [-0.2, -0.15) is 4.98 Å². The van der Waals surface area contributed by atoms with Crippen LogP contribution >= 0.6 is 0 Å². The summed E-state index contributed by atoms with van der Waals surface area (Å²) in [5.41, 5.74) is 2.52. The Hall–Kier alpha value is -4.58. The lowest BCUT2D eigenvalue weighted by Gasteiger charge is -2.25. The summed E-state index contributed by atoms with van der Waals surface area (Å²) in [4.78, 5) is 33.3. The molecule has 1 amide bonds. The van der Waals surface area contributed by atoms with Crippen LogP contribution in [0.5, 0.6) is 5.75 Å². The maximum absolute atomic E-state index is 14.1. The molecule has 3 heterocycles. The van der Waals surface area contributed by atoms with E-state index < -0.39 is 5.82 Å². The van der Waals surface area contributed by atoms with Crippen LogP contribution < -0.4 is 20.3 Å².